The van der Waals surface area contributed by atoms with Crippen LogP contribution < -0.4 is 10.1 Å². The van der Waals surface area contributed by atoms with E-state index in [2.05, 4.69) is 27.1 Å². The molecule has 1 N–H and O–H groups in total. The van der Waals surface area contributed by atoms with Gasteiger partial charge < -0.3 is 10.1 Å². The third-order valence-corrected chi connectivity index (χ3v) is 2.76. The molecule has 0 amide bonds. The van der Waals surface area contributed by atoms with Crippen LogP contribution in [-0.2, 0) is 6.54 Å². The Balaban J connectivity index is 0.00000144. The molecule has 1 saturated heterocycles. The maximum absolute atomic E-state index is 5.20. The normalized spacial score (nSPS) is 20.7. The maximum Gasteiger partial charge on any atom is 0.236 e. The van der Waals surface area contributed by atoms with Crippen LogP contribution in [0, 0.1) is 0 Å². The molecule has 0 radical (unpaired) electrons. The van der Waals surface area contributed by atoms with E-state index in [-0.39, 0.29) is 12.4 Å². The lowest BCUT2D eigenvalue weighted by atomic mass is 10.2. The van der Waals surface area contributed by atoms with Gasteiger partial charge in [0.15, 0.2) is 0 Å². The summed E-state index contributed by atoms with van der Waals surface area (Å²) in [5.41, 5.74) is 0.916. The van der Waals surface area contributed by atoms with Crippen molar-refractivity contribution in [2.75, 3.05) is 26.7 Å². The lowest BCUT2D eigenvalue weighted by Gasteiger charge is -2.31. The second-order valence-electron chi connectivity index (χ2n) is 4.10. The number of ether oxygens (including phenoxy) is 1. The Morgan fingerprint density at radius 2 is 2.24 bits per heavy atom. The lowest BCUT2D eigenvalue weighted by Crippen LogP contribution is -2.48. The number of halogens is 1. The van der Waals surface area contributed by atoms with Crippen LogP contribution in [0.2, 0.25) is 0 Å². The number of aromatic nitrogens is 2. The van der Waals surface area contributed by atoms with Crippen LogP contribution in [0.5, 0.6) is 5.88 Å². The Kier molecular flexibility index (Phi) is 5.61. The molecule has 5 nitrogen and oxygen atoms in total. The second-order valence-corrected chi connectivity index (χ2v) is 4.10. The molecule has 1 atom stereocenters. The number of nitrogens with zero attached hydrogens (tertiary/aromatic N) is 3. The molecule has 6 heteroatoms. The average Bonchev–Trinajstić information content (AvgIpc) is 2.30. The van der Waals surface area contributed by atoms with Gasteiger partial charge >= 0.3 is 0 Å². The van der Waals surface area contributed by atoms with Gasteiger partial charge in [-0.3, -0.25) is 9.88 Å². The van der Waals surface area contributed by atoms with Gasteiger partial charge in [-0.2, -0.15) is 0 Å². The largest absolute Gasteiger partial charge is 0.480 e. The summed E-state index contributed by atoms with van der Waals surface area (Å²) in [6, 6.07) is 0.538. The first-order chi connectivity index (χ1) is 7.79. The number of methoxy groups -OCH3 is 1. The highest BCUT2D eigenvalue weighted by atomic mass is 35.5. The zero-order valence-corrected chi connectivity index (χ0v) is 11.0. The van der Waals surface area contributed by atoms with Gasteiger partial charge in [-0.1, -0.05) is 0 Å². The van der Waals surface area contributed by atoms with Gasteiger partial charge in [0.1, 0.15) is 5.69 Å². The van der Waals surface area contributed by atoms with Crippen molar-refractivity contribution in [3.63, 3.8) is 0 Å². The molecule has 0 aromatic carbocycles. The Bertz CT molecular complexity index is 350. The van der Waals surface area contributed by atoms with Crippen LogP contribution in [-0.4, -0.2) is 47.7 Å². The smallest absolute Gasteiger partial charge is 0.236 e. The van der Waals surface area contributed by atoms with Gasteiger partial charge in [0.05, 0.1) is 7.11 Å². The van der Waals surface area contributed by atoms with Crippen molar-refractivity contribution in [2.24, 2.45) is 0 Å². The highest BCUT2D eigenvalue weighted by molar-refractivity contribution is 5.85. The van der Waals surface area contributed by atoms with Gasteiger partial charge in [-0.05, 0) is 6.92 Å². The van der Waals surface area contributed by atoms with Crippen molar-refractivity contribution < 1.29 is 4.74 Å². The molecule has 1 aromatic heterocycles. The van der Waals surface area contributed by atoms with E-state index in [9.17, 15) is 0 Å². The molecule has 17 heavy (non-hydrogen) atoms. The van der Waals surface area contributed by atoms with E-state index in [4.69, 9.17) is 4.74 Å². The first kappa shape index (κ1) is 14.2. The minimum Gasteiger partial charge on any atom is -0.480 e. The summed E-state index contributed by atoms with van der Waals surface area (Å²) in [5.74, 6) is 0.633. The van der Waals surface area contributed by atoms with Crippen molar-refractivity contribution in [3.8, 4) is 5.88 Å². The predicted octanol–water partition coefficient (Wildman–Crippen LogP) is 0.701. The molecule has 1 aromatic rings. The topological polar surface area (TPSA) is 50.3 Å². The van der Waals surface area contributed by atoms with E-state index in [1.54, 1.807) is 19.5 Å². The van der Waals surface area contributed by atoms with E-state index in [0.29, 0.717) is 11.9 Å². The number of hydrogen-bond donors (Lipinski definition) is 1. The van der Waals surface area contributed by atoms with Crippen LogP contribution in [0.3, 0.4) is 0 Å². The van der Waals surface area contributed by atoms with Crippen LogP contribution >= 0.6 is 12.4 Å². The monoisotopic (exact) mass is 258 g/mol. The molecule has 1 fully saturated rings. The third-order valence-electron chi connectivity index (χ3n) is 2.76. The standard InChI is InChI=1S/C11H18N4O.ClH/c1-9-7-15(6-5-12-9)8-10-11(16-2)14-4-3-13-10;/h3-4,9,12H,5-8H2,1-2H3;1H. The van der Waals surface area contributed by atoms with Gasteiger partial charge in [0.25, 0.3) is 0 Å². The summed E-state index contributed by atoms with van der Waals surface area (Å²) in [6.45, 7) is 6.12. The summed E-state index contributed by atoms with van der Waals surface area (Å²) in [5, 5.41) is 3.42. The van der Waals surface area contributed by atoms with Crippen LogP contribution in [0.15, 0.2) is 12.4 Å². The molecule has 2 heterocycles. The molecule has 0 saturated carbocycles. The molecule has 1 aliphatic rings. The first-order valence-electron chi connectivity index (χ1n) is 5.59. The fourth-order valence-corrected chi connectivity index (χ4v) is 2.00. The summed E-state index contributed by atoms with van der Waals surface area (Å²) in [6.07, 6.45) is 3.37. The Hall–Kier alpha value is -0.910. The van der Waals surface area contributed by atoms with Crippen molar-refractivity contribution in [3.05, 3.63) is 18.1 Å². The fourth-order valence-electron chi connectivity index (χ4n) is 2.00. The molecule has 0 aliphatic carbocycles. The summed E-state index contributed by atoms with van der Waals surface area (Å²) in [4.78, 5) is 10.8. The second kappa shape index (κ2) is 6.74. The minimum atomic E-state index is 0. The molecule has 96 valence electrons. The summed E-state index contributed by atoms with van der Waals surface area (Å²) in [7, 11) is 1.63. The molecular weight excluding hydrogens is 240 g/mol. The minimum absolute atomic E-state index is 0. The van der Waals surface area contributed by atoms with Crippen molar-refractivity contribution in [2.45, 2.75) is 19.5 Å². The van der Waals surface area contributed by atoms with Gasteiger partial charge in [0.2, 0.25) is 5.88 Å². The van der Waals surface area contributed by atoms with E-state index in [1.807, 2.05) is 0 Å². The number of piperazine rings is 1. The predicted molar refractivity (Wildman–Crippen MR) is 68.6 cm³/mol. The Morgan fingerprint density at radius 3 is 2.94 bits per heavy atom. The number of hydrogen-bond acceptors (Lipinski definition) is 5. The highest BCUT2D eigenvalue weighted by Crippen LogP contribution is 2.14. The highest BCUT2D eigenvalue weighted by Gasteiger charge is 2.17. The molecular formula is C11H19ClN4O. The van der Waals surface area contributed by atoms with Gasteiger partial charge in [-0.25, -0.2) is 4.98 Å². The first-order valence-corrected chi connectivity index (χ1v) is 5.59. The summed E-state index contributed by atoms with van der Waals surface area (Å²) >= 11 is 0. The maximum atomic E-state index is 5.20. The molecule has 1 aliphatic heterocycles. The van der Waals surface area contributed by atoms with Crippen molar-refractivity contribution >= 4 is 12.4 Å². The molecule has 0 bridgehead atoms. The SMILES string of the molecule is COc1nccnc1CN1CCNC(C)C1.Cl. The van der Waals surface area contributed by atoms with Crippen LogP contribution in [0.4, 0.5) is 0 Å². The number of rotatable bonds is 3. The van der Waals surface area contributed by atoms with E-state index < -0.39 is 0 Å². The molecule has 0 spiro atoms. The van der Waals surface area contributed by atoms with Crippen LogP contribution in [0.1, 0.15) is 12.6 Å². The van der Waals surface area contributed by atoms with Gasteiger partial charge in [-0.15, -0.1) is 12.4 Å². The zero-order chi connectivity index (χ0) is 11.4. The van der Waals surface area contributed by atoms with Crippen LogP contribution in [0.25, 0.3) is 0 Å². The van der Waals surface area contributed by atoms with Gasteiger partial charge in [0, 0.05) is 44.6 Å². The van der Waals surface area contributed by atoms with E-state index >= 15 is 0 Å². The quantitative estimate of drug-likeness (QED) is 0.865. The fraction of sp³-hybridized carbons (Fsp3) is 0.636. The summed E-state index contributed by atoms with van der Waals surface area (Å²) < 4.78 is 5.20. The van der Waals surface area contributed by atoms with Crippen molar-refractivity contribution in [1.82, 2.24) is 20.2 Å². The Labute approximate surface area is 108 Å². The Morgan fingerprint density at radius 1 is 1.47 bits per heavy atom. The lowest BCUT2D eigenvalue weighted by molar-refractivity contribution is 0.194. The third kappa shape index (κ3) is 3.80. The van der Waals surface area contributed by atoms with E-state index in [1.165, 1.54) is 0 Å². The molecule has 1 unspecified atom stereocenters. The van der Waals surface area contributed by atoms with Crippen molar-refractivity contribution in [1.29, 1.82) is 0 Å². The average molecular weight is 259 g/mol. The molecule has 2 rings (SSSR count). The number of nitrogens with one attached hydrogen (secondary N) is 1. The zero-order valence-electron chi connectivity index (χ0n) is 10.2. The van der Waals surface area contributed by atoms with E-state index in [0.717, 1.165) is 31.9 Å².